The van der Waals surface area contributed by atoms with Crippen molar-refractivity contribution in [3.05, 3.63) is 29.8 Å². The fourth-order valence-electron chi connectivity index (χ4n) is 2.20. The predicted octanol–water partition coefficient (Wildman–Crippen LogP) is 1.47. The summed E-state index contributed by atoms with van der Waals surface area (Å²) in [5.74, 6) is -1.16. The van der Waals surface area contributed by atoms with Crippen LogP contribution >= 0.6 is 0 Å². The maximum Gasteiger partial charge on any atom is 0.326 e. The summed E-state index contributed by atoms with van der Waals surface area (Å²) in [5, 5.41) is 18.3. The van der Waals surface area contributed by atoms with Crippen molar-refractivity contribution in [2.24, 2.45) is 0 Å². The number of hydrogen-bond acceptors (Lipinski definition) is 3. The number of carbonyl (C=O) groups is 2. The molecule has 5 nitrogen and oxygen atoms in total. The lowest BCUT2D eigenvalue weighted by molar-refractivity contribution is -0.143. The Morgan fingerprint density at radius 1 is 1.17 bits per heavy atom. The molecule has 1 amide bonds. The summed E-state index contributed by atoms with van der Waals surface area (Å²) >= 11 is 0. The first kappa shape index (κ1) is 12.4. The van der Waals surface area contributed by atoms with E-state index in [2.05, 4.69) is 0 Å². The molecule has 5 heteroatoms. The van der Waals surface area contributed by atoms with Gasteiger partial charge < -0.3 is 15.1 Å². The van der Waals surface area contributed by atoms with Gasteiger partial charge in [-0.3, -0.25) is 4.79 Å². The van der Waals surface area contributed by atoms with Crippen LogP contribution in [0.4, 0.5) is 0 Å². The Labute approximate surface area is 105 Å². The van der Waals surface area contributed by atoms with E-state index in [9.17, 15) is 9.59 Å². The quantitative estimate of drug-likeness (QED) is 0.832. The lowest BCUT2D eigenvalue weighted by Crippen LogP contribution is -2.47. The Morgan fingerprint density at radius 2 is 1.83 bits per heavy atom. The van der Waals surface area contributed by atoms with Gasteiger partial charge in [0.25, 0.3) is 5.91 Å². The van der Waals surface area contributed by atoms with E-state index in [0.29, 0.717) is 18.5 Å². The lowest BCUT2D eigenvalue weighted by atomic mass is 10.0. The molecule has 96 valence electrons. The number of amides is 1. The van der Waals surface area contributed by atoms with Crippen LogP contribution in [-0.2, 0) is 4.79 Å². The fraction of sp³-hybridized carbons (Fsp3) is 0.385. The molecule has 1 aromatic rings. The third-order valence-corrected chi connectivity index (χ3v) is 3.16. The highest BCUT2D eigenvalue weighted by Gasteiger charge is 2.32. The average Bonchev–Trinajstić information content (AvgIpc) is 2.39. The Bertz CT molecular complexity index is 455. The van der Waals surface area contributed by atoms with E-state index < -0.39 is 12.0 Å². The molecule has 0 radical (unpaired) electrons. The SMILES string of the molecule is O=C(O)[C@H]1CCCCN1C(=O)c1ccc(O)cc1. The van der Waals surface area contributed by atoms with Crippen molar-refractivity contribution in [2.45, 2.75) is 25.3 Å². The zero-order chi connectivity index (χ0) is 13.1. The molecule has 1 aliphatic rings. The van der Waals surface area contributed by atoms with Crippen LogP contribution in [-0.4, -0.2) is 39.6 Å². The molecule has 1 saturated heterocycles. The van der Waals surface area contributed by atoms with E-state index in [1.807, 2.05) is 0 Å². The summed E-state index contributed by atoms with van der Waals surface area (Å²) in [4.78, 5) is 24.7. The van der Waals surface area contributed by atoms with Crippen molar-refractivity contribution in [1.82, 2.24) is 4.90 Å². The molecule has 0 aliphatic carbocycles. The van der Waals surface area contributed by atoms with Crippen molar-refractivity contribution < 1.29 is 19.8 Å². The molecule has 2 rings (SSSR count). The van der Waals surface area contributed by atoms with Gasteiger partial charge in [-0.1, -0.05) is 0 Å². The van der Waals surface area contributed by atoms with Crippen LogP contribution in [0.15, 0.2) is 24.3 Å². The second-order valence-corrected chi connectivity index (χ2v) is 4.40. The minimum atomic E-state index is -0.957. The summed E-state index contributed by atoms with van der Waals surface area (Å²) in [5.41, 5.74) is 0.404. The van der Waals surface area contributed by atoms with Crippen LogP contribution in [0, 0.1) is 0 Å². The van der Waals surface area contributed by atoms with Crippen LogP contribution in [0.2, 0.25) is 0 Å². The second-order valence-electron chi connectivity index (χ2n) is 4.40. The highest BCUT2D eigenvalue weighted by molar-refractivity contribution is 5.96. The molecule has 0 bridgehead atoms. The number of phenols is 1. The molecule has 0 aromatic heterocycles. The largest absolute Gasteiger partial charge is 0.508 e. The highest BCUT2D eigenvalue weighted by atomic mass is 16.4. The van der Waals surface area contributed by atoms with Crippen LogP contribution < -0.4 is 0 Å². The minimum Gasteiger partial charge on any atom is -0.508 e. The third kappa shape index (κ3) is 2.45. The summed E-state index contributed by atoms with van der Waals surface area (Å²) < 4.78 is 0. The molecule has 1 atom stereocenters. The maximum atomic E-state index is 12.2. The molecule has 1 heterocycles. The topological polar surface area (TPSA) is 77.8 Å². The highest BCUT2D eigenvalue weighted by Crippen LogP contribution is 2.20. The number of phenolic OH excluding ortho intramolecular Hbond substituents is 1. The number of carboxylic acids is 1. The summed E-state index contributed by atoms with van der Waals surface area (Å²) in [6.07, 6.45) is 2.16. The van der Waals surface area contributed by atoms with Crippen molar-refractivity contribution in [3.63, 3.8) is 0 Å². The number of nitrogens with zero attached hydrogens (tertiary/aromatic N) is 1. The molecular formula is C13H15NO4. The molecule has 1 aliphatic heterocycles. The Kier molecular flexibility index (Phi) is 3.50. The van der Waals surface area contributed by atoms with E-state index in [0.717, 1.165) is 12.8 Å². The number of rotatable bonds is 2. The number of likely N-dealkylation sites (tertiary alicyclic amines) is 1. The zero-order valence-electron chi connectivity index (χ0n) is 9.87. The first-order valence-corrected chi connectivity index (χ1v) is 5.92. The van der Waals surface area contributed by atoms with Gasteiger partial charge >= 0.3 is 5.97 Å². The van der Waals surface area contributed by atoms with Gasteiger partial charge in [-0.25, -0.2) is 4.79 Å². The molecule has 0 unspecified atom stereocenters. The van der Waals surface area contributed by atoms with Crippen molar-refractivity contribution in [3.8, 4) is 5.75 Å². The minimum absolute atomic E-state index is 0.0833. The third-order valence-electron chi connectivity index (χ3n) is 3.16. The van der Waals surface area contributed by atoms with Crippen LogP contribution in [0.5, 0.6) is 5.75 Å². The van der Waals surface area contributed by atoms with Crippen molar-refractivity contribution in [2.75, 3.05) is 6.54 Å². The van der Waals surface area contributed by atoms with E-state index in [-0.39, 0.29) is 11.7 Å². The molecule has 1 aromatic carbocycles. The van der Waals surface area contributed by atoms with Crippen molar-refractivity contribution >= 4 is 11.9 Å². The molecule has 2 N–H and O–H groups in total. The van der Waals surface area contributed by atoms with E-state index in [1.165, 1.54) is 29.2 Å². The van der Waals surface area contributed by atoms with Gasteiger partial charge in [0, 0.05) is 12.1 Å². The van der Waals surface area contributed by atoms with Gasteiger partial charge in [-0.15, -0.1) is 0 Å². The second kappa shape index (κ2) is 5.08. The van der Waals surface area contributed by atoms with Crippen LogP contribution in [0.3, 0.4) is 0 Å². The summed E-state index contributed by atoms with van der Waals surface area (Å²) in [6.45, 7) is 0.469. The number of piperidine rings is 1. The van der Waals surface area contributed by atoms with E-state index in [1.54, 1.807) is 0 Å². The number of carboxylic acid groups (broad SMARTS) is 1. The van der Waals surface area contributed by atoms with Gasteiger partial charge in [0.2, 0.25) is 0 Å². The smallest absolute Gasteiger partial charge is 0.326 e. The normalized spacial score (nSPS) is 19.6. The lowest BCUT2D eigenvalue weighted by Gasteiger charge is -2.33. The van der Waals surface area contributed by atoms with Crippen LogP contribution in [0.25, 0.3) is 0 Å². The first-order valence-electron chi connectivity index (χ1n) is 5.92. The Balaban J connectivity index is 2.20. The van der Waals surface area contributed by atoms with Crippen molar-refractivity contribution in [1.29, 1.82) is 0 Å². The Hall–Kier alpha value is -2.04. The van der Waals surface area contributed by atoms with Gasteiger partial charge in [0.05, 0.1) is 0 Å². The van der Waals surface area contributed by atoms with Gasteiger partial charge in [0.15, 0.2) is 0 Å². The number of aromatic hydroxyl groups is 1. The maximum absolute atomic E-state index is 12.2. The van der Waals surface area contributed by atoms with E-state index >= 15 is 0 Å². The number of carbonyl (C=O) groups excluding carboxylic acids is 1. The number of aliphatic carboxylic acids is 1. The molecule has 18 heavy (non-hydrogen) atoms. The molecular weight excluding hydrogens is 234 g/mol. The van der Waals surface area contributed by atoms with Gasteiger partial charge in [-0.2, -0.15) is 0 Å². The van der Waals surface area contributed by atoms with E-state index in [4.69, 9.17) is 10.2 Å². The summed E-state index contributed by atoms with van der Waals surface area (Å²) in [7, 11) is 0. The van der Waals surface area contributed by atoms with Gasteiger partial charge in [-0.05, 0) is 43.5 Å². The monoisotopic (exact) mass is 249 g/mol. The fourth-order valence-corrected chi connectivity index (χ4v) is 2.20. The first-order chi connectivity index (χ1) is 8.59. The molecule has 0 saturated carbocycles. The zero-order valence-corrected chi connectivity index (χ0v) is 9.87. The predicted molar refractivity (Wildman–Crippen MR) is 64.4 cm³/mol. The summed E-state index contributed by atoms with van der Waals surface area (Å²) in [6, 6.07) is 5.12. The van der Waals surface area contributed by atoms with Gasteiger partial charge in [0.1, 0.15) is 11.8 Å². The number of benzene rings is 1. The molecule has 0 spiro atoms. The van der Waals surface area contributed by atoms with Crippen LogP contribution in [0.1, 0.15) is 29.6 Å². The standard InChI is InChI=1S/C13H15NO4/c15-10-6-4-9(5-7-10)12(16)14-8-2-1-3-11(14)13(17)18/h4-7,11,15H,1-3,8H2,(H,17,18)/t11-/m1/s1. The molecule has 1 fully saturated rings. The average molecular weight is 249 g/mol. The Morgan fingerprint density at radius 3 is 2.44 bits per heavy atom. The number of hydrogen-bond donors (Lipinski definition) is 2.